The molecule has 0 bridgehead atoms. The second kappa shape index (κ2) is 8.76. The van der Waals surface area contributed by atoms with Crippen LogP contribution in [0.5, 0.6) is 0 Å². The fourth-order valence-electron chi connectivity index (χ4n) is 1.54. The number of pyridine rings is 1. The largest absolute Gasteiger partial charge is 0.469 e. The van der Waals surface area contributed by atoms with Crippen LogP contribution >= 0.6 is 23.2 Å². The van der Waals surface area contributed by atoms with Gasteiger partial charge in [0.2, 0.25) is 0 Å². The maximum absolute atomic E-state index is 11.8. The van der Waals surface area contributed by atoms with Crippen LogP contribution in [0.3, 0.4) is 0 Å². The number of ether oxygens (including phenoxy) is 1. The number of rotatable bonds is 7. The van der Waals surface area contributed by atoms with Crippen molar-refractivity contribution < 1.29 is 14.3 Å². The number of hydrogen-bond acceptors (Lipinski definition) is 4. The van der Waals surface area contributed by atoms with E-state index in [2.05, 4.69) is 15.0 Å². The Hall–Kier alpha value is -1.33. The number of carbonyl (C=O) groups excluding carboxylic acids is 2. The average Bonchev–Trinajstić information content (AvgIpc) is 2.44. The first-order chi connectivity index (χ1) is 9.54. The lowest BCUT2D eigenvalue weighted by atomic mass is 10.2. The Balaban J connectivity index is 2.27. The molecule has 0 spiro atoms. The Morgan fingerprint density at radius 2 is 2.00 bits per heavy atom. The first-order valence-corrected chi connectivity index (χ1v) is 6.97. The third kappa shape index (κ3) is 5.75. The van der Waals surface area contributed by atoms with Gasteiger partial charge in [-0.15, -0.1) is 0 Å². The molecule has 0 radical (unpaired) electrons. The van der Waals surface area contributed by atoms with E-state index in [-0.39, 0.29) is 27.7 Å². The van der Waals surface area contributed by atoms with E-state index in [0.29, 0.717) is 13.0 Å². The van der Waals surface area contributed by atoms with Crippen LogP contribution < -0.4 is 5.32 Å². The van der Waals surface area contributed by atoms with Crippen molar-refractivity contribution in [3.63, 3.8) is 0 Å². The zero-order valence-electron chi connectivity index (χ0n) is 11.1. The summed E-state index contributed by atoms with van der Waals surface area (Å²) in [6.07, 6.45) is 2.72. The predicted octanol–water partition coefficient (Wildman–Crippen LogP) is 2.85. The highest BCUT2D eigenvalue weighted by atomic mass is 35.5. The number of unbranched alkanes of at least 4 members (excludes halogenated alkanes) is 2. The average molecular weight is 319 g/mol. The minimum atomic E-state index is -0.356. The summed E-state index contributed by atoms with van der Waals surface area (Å²) in [5.41, 5.74) is 0.119. The third-order valence-corrected chi connectivity index (χ3v) is 3.11. The van der Waals surface area contributed by atoms with Crippen molar-refractivity contribution in [2.24, 2.45) is 0 Å². The van der Waals surface area contributed by atoms with Crippen molar-refractivity contribution in [3.8, 4) is 0 Å². The summed E-state index contributed by atoms with van der Waals surface area (Å²) in [5.74, 6) is -0.575. The van der Waals surface area contributed by atoms with Crippen LogP contribution in [0.15, 0.2) is 12.1 Å². The zero-order valence-corrected chi connectivity index (χ0v) is 12.6. The van der Waals surface area contributed by atoms with Crippen LogP contribution in [0.4, 0.5) is 0 Å². The predicted molar refractivity (Wildman–Crippen MR) is 77.1 cm³/mol. The number of methoxy groups -OCH3 is 1. The molecule has 1 heterocycles. The molecule has 5 nitrogen and oxygen atoms in total. The number of halogens is 2. The highest BCUT2D eigenvalue weighted by Gasteiger charge is 2.12. The molecule has 0 atom stereocenters. The number of esters is 1. The Morgan fingerprint density at radius 3 is 2.70 bits per heavy atom. The molecule has 0 unspecified atom stereocenters. The number of aromatic nitrogens is 1. The second-order valence-corrected chi connectivity index (χ2v) is 4.90. The molecule has 0 fully saturated rings. The number of hydrogen-bond donors (Lipinski definition) is 1. The van der Waals surface area contributed by atoms with Gasteiger partial charge in [0.15, 0.2) is 0 Å². The zero-order chi connectivity index (χ0) is 15.0. The molecule has 1 rings (SSSR count). The van der Waals surface area contributed by atoms with Gasteiger partial charge in [-0.05, 0) is 25.0 Å². The number of amides is 1. The summed E-state index contributed by atoms with van der Waals surface area (Å²) in [6, 6.07) is 3.05. The SMILES string of the molecule is COC(=O)CCCCCNC(=O)c1nc(Cl)ccc1Cl. The van der Waals surface area contributed by atoms with Crippen molar-refractivity contribution in [3.05, 3.63) is 28.0 Å². The van der Waals surface area contributed by atoms with Gasteiger partial charge in [0.1, 0.15) is 10.8 Å². The van der Waals surface area contributed by atoms with Crippen molar-refractivity contribution in [2.45, 2.75) is 25.7 Å². The molecule has 1 amide bonds. The molecular formula is C13H16Cl2N2O3. The van der Waals surface area contributed by atoms with Gasteiger partial charge in [0.05, 0.1) is 12.1 Å². The van der Waals surface area contributed by atoms with Gasteiger partial charge in [0, 0.05) is 13.0 Å². The molecular weight excluding hydrogens is 303 g/mol. The Kier molecular flexibility index (Phi) is 7.33. The molecule has 0 saturated carbocycles. The summed E-state index contributed by atoms with van der Waals surface area (Å²) >= 11 is 11.6. The van der Waals surface area contributed by atoms with E-state index in [1.165, 1.54) is 19.2 Å². The van der Waals surface area contributed by atoms with E-state index in [9.17, 15) is 9.59 Å². The highest BCUT2D eigenvalue weighted by molar-refractivity contribution is 6.34. The van der Waals surface area contributed by atoms with Gasteiger partial charge < -0.3 is 10.1 Å². The monoisotopic (exact) mass is 318 g/mol. The standard InChI is InChI=1S/C13H16Cl2N2O3/c1-20-11(18)5-3-2-4-8-16-13(19)12-9(14)6-7-10(15)17-12/h6-7H,2-5,8H2,1H3,(H,16,19). The Labute approximate surface area is 127 Å². The van der Waals surface area contributed by atoms with Crippen LogP contribution in [0.1, 0.15) is 36.2 Å². The van der Waals surface area contributed by atoms with Crippen LogP contribution in [-0.4, -0.2) is 30.5 Å². The molecule has 1 aromatic rings. The fourth-order valence-corrected chi connectivity index (χ4v) is 1.87. The Bertz CT molecular complexity index is 481. The van der Waals surface area contributed by atoms with Crippen molar-refractivity contribution in [1.82, 2.24) is 10.3 Å². The molecule has 20 heavy (non-hydrogen) atoms. The lowest BCUT2D eigenvalue weighted by Gasteiger charge is -2.06. The molecule has 7 heteroatoms. The molecule has 0 aliphatic carbocycles. The topological polar surface area (TPSA) is 68.3 Å². The molecule has 0 aliphatic rings. The van der Waals surface area contributed by atoms with Crippen molar-refractivity contribution in [2.75, 3.05) is 13.7 Å². The Morgan fingerprint density at radius 1 is 1.25 bits per heavy atom. The maximum atomic E-state index is 11.8. The van der Waals surface area contributed by atoms with Crippen molar-refractivity contribution in [1.29, 1.82) is 0 Å². The van der Waals surface area contributed by atoms with E-state index >= 15 is 0 Å². The van der Waals surface area contributed by atoms with E-state index in [1.807, 2.05) is 0 Å². The lowest BCUT2D eigenvalue weighted by Crippen LogP contribution is -2.25. The van der Waals surface area contributed by atoms with Gasteiger partial charge >= 0.3 is 5.97 Å². The van der Waals surface area contributed by atoms with Gasteiger partial charge in [-0.1, -0.05) is 29.6 Å². The molecule has 0 saturated heterocycles. The van der Waals surface area contributed by atoms with E-state index in [0.717, 1.165) is 19.3 Å². The lowest BCUT2D eigenvalue weighted by molar-refractivity contribution is -0.140. The first kappa shape index (κ1) is 16.7. The first-order valence-electron chi connectivity index (χ1n) is 6.21. The number of nitrogens with one attached hydrogen (secondary N) is 1. The third-order valence-electron chi connectivity index (χ3n) is 2.60. The van der Waals surface area contributed by atoms with Gasteiger partial charge in [-0.3, -0.25) is 9.59 Å². The van der Waals surface area contributed by atoms with E-state index in [1.54, 1.807) is 0 Å². The molecule has 0 aliphatic heterocycles. The molecule has 1 aromatic heterocycles. The summed E-state index contributed by atoms with van der Waals surface area (Å²) in [4.78, 5) is 26.6. The minimum Gasteiger partial charge on any atom is -0.469 e. The summed E-state index contributed by atoms with van der Waals surface area (Å²) < 4.78 is 4.53. The minimum absolute atomic E-state index is 0.119. The second-order valence-electron chi connectivity index (χ2n) is 4.11. The fraction of sp³-hybridized carbons (Fsp3) is 0.462. The molecule has 110 valence electrons. The van der Waals surface area contributed by atoms with Crippen LogP contribution in [-0.2, 0) is 9.53 Å². The van der Waals surface area contributed by atoms with Crippen LogP contribution in [0.2, 0.25) is 10.2 Å². The van der Waals surface area contributed by atoms with E-state index in [4.69, 9.17) is 23.2 Å². The van der Waals surface area contributed by atoms with Crippen LogP contribution in [0, 0.1) is 0 Å². The van der Waals surface area contributed by atoms with Gasteiger partial charge in [-0.2, -0.15) is 0 Å². The smallest absolute Gasteiger partial charge is 0.305 e. The quantitative estimate of drug-likeness (QED) is 0.477. The summed E-state index contributed by atoms with van der Waals surface area (Å²) in [6.45, 7) is 0.491. The maximum Gasteiger partial charge on any atom is 0.305 e. The molecule has 0 aromatic carbocycles. The highest BCUT2D eigenvalue weighted by Crippen LogP contribution is 2.16. The number of nitrogens with zero attached hydrogens (tertiary/aromatic N) is 1. The molecule has 1 N–H and O–H groups in total. The van der Waals surface area contributed by atoms with Gasteiger partial charge in [0.25, 0.3) is 5.91 Å². The van der Waals surface area contributed by atoms with Crippen molar-refractivity contribution >= 4 is 35.1 Å². The summed E-state index contributed by atoms with van der Waals surface area (Å²) in [7, 11) is 1.37. The normalized spacial score (nSPS) is 10.2. The van der Waals surface area contributed by atoms with Gasteiger partial charge in [-0.25, -0.2) is 4.98 Å². The summed E-state index contributed by atoms with van der Waals surface area (Å²) in [5, 5.41) is 3.19. The van der Waals surface area contributed by atoms with Crippen LogP contribution in [0.25, 0.3) is 0 Å². The van der Waals surface area contributed by atoms with E-state index < -0.39 is 0 Å². The number of carbonyl (C=O) groups is 2.